The summed E-state index contributed by atoms with van der Waals surface area (Å²) in [6.45, 7) is 6.01. The molecule has 4 rings (SSSR count). The normalized spacial score (nSPS) is 12.6. The number of hydrogen-bond acceptors (Lipinski definition) is 5. The lowest BCUT2D eigenvalue weighted by molar-refractivity contribution is 0.224. The predicted octanol–water partition coefficient (Wildman–Crippen LogP) is 4.06. The van der Waals surface area contributed by atoms with Crippen LogP contribution in [0.4, 0.5) is 0 Å². The Morgan fingerprint density at radius 1 is 1.12 bits per heavy atom. The number of aryl methyl sites for hydroxylation is 2. The van der Waals surface area contributed by atoms with Crippen LogP contribution in [-0.2, 0) is 0 Å². The third kappa shape index (κ3) is 2.89. The molecular formula is C19H17N3O2S. The topological polar surface area (TPSA) is 56.5 Å². The van der Waals surface area contributed by atoms with Crippen molar-refractivity contribution in [1.82, 2.24) is 14.6 Å². The van der Waals surface area contributed by atoms with E-state index in [1.807, 2.05) is 51.1 Å². The second-order valence-electron chi connectivity index (χ2n) is 6.15. The van der Waals surface area contributed by atoms with E-state index in [0.29, 0.717) is 15.9 Å². The average Bonchev–Trinajstić information content (AvgIpc) is 2.98. The molecule has 1 atom stereocenters. The van der Waals surface area contributed by atoms with Crippen LogP contribution in [-0.4, -0.2) is 14.6 Å². The molecule has 126 valence electrons. The van der Waals surface area contributed by atoms with E-state index in [2.05, 4.69) is 16.1 Å². The fourth-order valence-corrected chi connectivity index (χ4v) is 3.77. The van der Waals surface area contributed by atoms with Gasteiger partial charge in [-0.2, -0.15) is 9.61 Å². The fourth-order valence-electron chi connectivity index (χ4n) is 2.89. The van der Waals surface area contributed by atoms with Gasteiger partial charge in [0.15, 0.2) is 5.01 Å². The number of hydrogen-bond donors (Lipinski definition) is 0. The quantitative estimate of drug-likeness (QED) is 0.558. The van der Waals surface area contributed by atoms with Crippen molar-refractivity contribution < 1.29 is 4.74 Å². The molecule has 25 heavy (non-hydrogen) atoms. The molecule has 5 nitrogen and oxygen atoms in total. The predicted molar refractivity (Wildman–Crippen MR) is 99.6 cm³/mol. The van der Waals surface area contributed by atoms with Gasteiger partial charge in [-0.1, -0.05) is 29.5 Å². The Bertz CT molecular complexity index is 1130. The Balaban J connectivity index is 1.74. The molecule has 4 aromatic rings. The molecule has 0 saturated carbocycles. The van der Waals surface area contributed by atoms with Crippen LogP contribution in [0.2, 0.25) is 0 Å². The van der Waals surface area contributed by atoms with E-state index in [0.717, 1.165) is 21.9 Å². The van der Waals surface area contributed by atoms with Gasteiger partial charge in [-0.15, -0.1) is 0 Å². The van der Waals surface area contributed by atoms with Gasteiger partial charge in [0, 0.05) is 0 Å². The summed E-state index contributed by atoms with van der Waals surface area (Å²) in [7, 11) is 0. The molecule has 0 bridgehead atoms. The molecule has 0 aliphatic rings. The van der Waals surface area contributed by atoms with Crippen LogP contribution in [0.1, 0.15) is 29.2 Å². The minimum absolute atomic E-state index is 0.151. The molecule has 0 saturated heterocycles. The number of nitrogens with zero attached hydrogens (tertiary/aromatic N) is 3. The molecule has 6 heteroatoms. The van der Waals surface area contributed by atoms with Gasteiger partial charge in [0.25, 0.3) is 5.56 Å². The molecule has 2 aromatic carbocycles. The van der Waals surface area contributed by atoms with E-state index in [1.54, 1.807) is 6.07 Å². The van der Waals surface area contributed by atoms with Gasteiger partial charge in [0.1, 0.15) is 11.9 Å². The summed E-state index contributed by atoms with van der Waals surface area (Å²) < 4.78 is 7.40. The number of para-hydroxylation sites is 1. The first-order valence-corrected chi connectivity index (χ1v) is 8.86. The number of rotatable bonds is 3. The van der Waals surface area contributed by atoms with Crippen LogP contribution >= 0.6 is 11.3 Å². The fraction of sp³-hybridized carbons (Fsp3) is 0.211. The van der Waals surface area contributed by atoms with Crippen molar-refractivity contribution in [2.24, 2.45) is 0 Å². The van der Waals surface area contributed by atoms with Crippen molar-refractivity contribution in [3.8, 4) is 5.75 Å². The maximum absolute atomic E-state index is 12.6. The van der Waals surface area contributed by atoms with E-state index in [9.17, 15) is 4.79 Å². The number of benzene rings is 2. The lowest BCUT2D eigenvalue weighted by atomic mass is 10.1. The van der Waals surface area contributed by atoms with E-state index < -0.39 is 0 Å². The summed E-state index contributed by atoms with van der Waals surface area (Å²) >= 11 is 1.38. The van der Waals surface area contributed by atoms with E-state index >= 15 is 0 Å². The van der Waals surface area contributed by atoms with Crippen LogP contribution < -0.4 is 10.3 Å². The second-order valence-corrected chi connectivity index (χ2v) is 7.14. The third-order valence-electron chi connectivity index (χ3n) is 3.97. The highest BCUT2D eigenvalue weighted by atomic mass is 32.1. The van der Waals surface area contributed by atoms with Gasteiger partial charge >= 0.3 is 0 Å². The van der Waals surface area contributed by atoms with Gasteiger partial charge in [0.05, 0.1) is 10.9 Å². The van der Waals surface area contributed by atoms with Crippen LogP contribution in [0.25, 0.3) is 15.9 Å². The molecule has 0 aliphatic carbocycles. The third-order valence-corrected chi connectivity index (χ3v) is 5.04. The summed E-state index contributed by atoms with van der Waals surface area (Å²) in [5.74, 6) is 0.801. The summed E-state index contributed by atoms with van der Waals surface area (Å²) in [6, 6.07) is 13.4. The molecule has 0 radical (unpaired) electrons. The zero-order chi connectivity index (χ0) is 17.6. The Labute approximate surface area is 148 Å². The second kappa shape index (κ2) is 5.97. The summed E-state index contributed by atoms with van der Waals surface area (Å²) in [5.41, 5.74) is 2.83. The van der Waals surface area contributed by atoms with Crippen molar-refractivity contribution in [3.05, 3.63) is 69.0 Å². The van der Waals surface area contributed by atoms with Gasteiger partial charge in [-0.25, -0.2) is 4.98 Å². The van der Waals surface area contributed by atoms with Gasteiger partial charge in [-0.05, 0) is 56.2 Å². The van der Waals surface area contributed by atoms with Crippen molar-refractivity contribution in [2.45, 2.75) is 26.9 Å². The van der Waals surface area contributed by atoms with Crippen molar-refractivity contribution in [1.29, 1.82) is 0 Å². The lowest BCUT2D eigenvalue weighted by Crippen LogP contribution is -2.15. The lowest BCUT2D eigenvalue weighted by Gasteiger charge is -2.13. The minimum Gasteiger partial charge on any atom is -0.483 e. The molecule has 0 spiro atoms. The smallest absolute Gasteiger partial charge is 0.283 e. The maximum atomic E-state index is 12.6. The largest absolute Gasteiger partial charge is 0.483 e. The van der Waals surface area contributed by atoms with Gasteiger partial charge in [0.2, 0.25) is 4.96 Å². The molecule has 2 aromatic heterocycles. The molecule has 0 unspecified atom stereocenters. The number of ether oxygens (including phenoxy) is 1. The number of aromatic nitrogens is 3. The number of fused-ring (bicyclic) bond motifs is 2. The Morgan fingerprint density at radius 3 is 2.60 bits per heavy atom. The first-order valence-electron chi connectivity index (χ1n) is 8.05. The van der Waals surface area contributed by atoms with Crippen molar-refractivity contribution >= 4 is 27.2 Å². The summed E-state index contributed by atoms with van der Waals surface area (Å²) in [4.78, 5) is 17.7. The van der Waals surface area contributed by atoms with Crippen LogP contribution in [0.3, 0.4) is 0 Å². The Morgan fingerprint density at radius 2 is 1.84 bits per heavy atom. The first-order chi connectivity index (χ1) is 12.0. The molecule has 0 fully saturated rings. The van der Waals surface area contributed by atoms with Crippen LogP contribution in [0.5, 0.6) is 5.75 Å². The average molecular weight is 351 g/mol. The zero-order valence-electron chi connectivity index (χ0n) is 14.2. The van der Waals surface area contributed by atoms with Gasteiger partial charge in [-0.3, -0.25) is 4.79 Å². The Hall–Kier alpha value is -2.73. The van der Waals surface area contributed by atoms with Crippen molar-refractivity contribution in [3.63, 3.8) is 0 Å². The molecule has 0 N–H and O–H groups in total. The highest BCUT2D eigenvalue weighted by Gasteiger charge is 2.16. The molecule has 0 aliphatic heterocycles. The van der Waals surface area contributed by atoms with Gasteiger partial charge < -0.3 is 4.74 Å². The van der Waals surface area contributed by atoms with Crippen LogP contribution in [0.15, 0.2) is 47.3 Å². The van der Waals surface area contributed by atoms with Crippen LogP contribution in [0, 0.1) is 13.8 Å². The van der Waals surface area contributed by atoms with E-state index in [-0.39, 0.29) is 11.7 Å². The summed E-state index contributed by atoms with van der Waals surface area (Å²) in [5, 5.41) is 5.73. The zero-order valence-corrected chi connectivity index (χ0v) is 15.0. The Kier molecular flexibility index (Phi) is 3.77. The first kappa shape index (κ1) is 15.8. The van der Waals surface area contributed by atoms with E-state index in [4.69, 9.17) is 4.74 Å². The molecule has 2 heterocycles. The monoisotopic (exact) mass is 351 g/mol. The molecular weight excluding hydrogens is 334 g/mol. The summed E-state index contributed by atoms with van der Waals surface area (Å²) in [6.07, 6.45) is -0.268. The van der Waals surface area contributed by atoms with Crippen molar-refractivity contribution in [2.75, 3.05) is 0 Å². The minimum atomic E-state index is -0.268. The molecule has 0 amide bonds. The SMILES string of the molecule is Cc1cc(C)cc(O[C@H](C)c2nn3c(=O)c4ccccc4nc3s2)c1. The standard InChI is InChI=1S/C19H17N3O2S/c1-11-8-12(2)10-14(9-11)24-13(3)17-21-22-18(23)15-6-4-5-7-16(15)20-19(22)25-17/h4-10,13H,1-3H3/t13-/m1/s1. The van der Waals surface area contributed by atoms with E-state index in [1.165, 1.54) is 15.9 Å². The highest BCUT2D eigenvalue weighted by Crippen LogP contribution is 2.26. The highest BCUT2D eigenvalue weighted by molar-refractivity contribution is 7.16. The maximum Gasteiger partial charge on any atom is 0.283 e.